The van der Waals surface area contributed by atoms with Crippen LogP contribution in [-0.2, 0) is 14.6 Å². The molecule has 1 saturated heterocycles. The Morgan fingerprint density at radius 3 is 2.34 bits per heavy atom. The highest BCUT2D eigenvalue weighted by atomic mass is 32.2. The molecule has 0 spiro atoms. The van der Waals surface area contributed by atoms with Crippen molar-refractivity contribution in [2.75, 3.05) is 44.3 Å². The maximum Gasteiger partial charge on any atom is 0.313 e. The average molecular weight is 848 g/mol. The monoisotopic (exact) mass is 847 g/mol. The molecule has 10 atom stereocenters. The Morgan fingerprint density at radius 1 is 0.949 bits per heavy atom. The Balaban J connectivity index is 1.000. The second-order valence-electron chi connectivity index (χ2n) is 21.9. The van der Waals surface area contributed by atoms with Crippen molar-refractivity contribution in [2.24, 2.45) is 56.7 Å². The minimum Gasteiger partial charge on any atom is -0.481 e. The number of carbonyl (C=O) groups is 1. The number of fused-ring (bicyclic) bond motifs is 7. The summed E-state index contributed by atoms with van der Waals surface area (Å²) < 4.78 is 34.6. The van der Waals surface area contributed by atoms with Gasteiger partial charge in [-0.05, 0) is 170 Å². The van der Waals surface area contributed by atoms with Gasteiger partial charge in [0.2, 0.25) is 5.88 Å². The molecule has 10 heteroatoms. The van der Waals surface area contributed by atoms with Gasteiger partial charge in [0.15, 0.2) is 9.84 Å². The summed E-state index contributed by atoms with van der Waals surface area (Å²) in [6, 6.07) is 1.87. The maximum atomic E-state index is 12.8. The van der Waals surface area contributed by atoms with Crippen LogP contribution >= 0.6 is 11.5 Å². The molecule has 1 aromatic rings. The molecule has 0 radical (unpaired) electrons. The van der Waals surface area contributed by atoms with Gasteiger partial charge >= 0.3 is 5.97 Å². The molecule has 7 aliphatic rings. The van der Waals surface area contributed by atoms with Crippen LogP contribution in [0.4, 0.5) is 0 Å². The molecular weight excluding hydrogens is 775 g/mol. The molecule has 4 saturated carbocycles. The van der Waals surface area contributed by atoms with E-state index in [1.807, 2.05) is 13.0 Å². The zero-order valence-corrected chi connectivity index (χ0v) is 38.9. The largest absolute Gasteiger partial charge is 0.481 e. The SMILES string of the molecule is C=C(C)c1cc(OCC2(C(=O)O)CC=C(C3=CC[C@@]4(C)C(CC[C@]5(C)C4CC[C@@H]4[C@H]6[C@H](C(=C)C)CC[C@]6(NCCN6CCS(=O)(=O)CC6)CC[C@]45C)C3(C)C)CC2)ns1. The van der Waals surface area contributed by atoms with Gasteiger partial charge in [-0.1, -0.05) is 65.5 Å². The van der Waals surface area contributed by atoms with Crippen LogP contribution in [-0.4, -0.2) is 78.6 Å². The van der Waals surface area contributed by atoms with Crippen LogP contribution in [0.1, 0.15) is 130 Å². The summed E-state index contributed by atoms with van der Waals surface area (Å²) in [4.78, 5) is 16.1. The van der Waals surface area contributed by atoms with E-state index in [0.29, 0.717) is 72.9 Å². The van der Waals surface area contributed by atoms with Gasteiger partial charge in [0.05, 0.1) is 16.4 Å². The van der Waals surface area contributed by atoms with Gasteiger partial charge in [-0.25, -0.2) is 8.42 Å². The number of allylic oxidation sites excluding steroid dienone is 6. The highest BCUT2D eigenvalue weighted by Crippen LogP contribution is 2.76. The maximum absolute atomic E-state index is 12.8. The highest BCUT2D eigenvalue weighted by molar-refractivity contribution is 7.91. The number of hydrogen-bond acceptors (Lipinski definition) is 8. The van der Waals surface area contributed by atoms with E-state index >= 15 is 0 Å². The van der Waals surface area contributed by atoms with E-state index in [1.54, 1.807) is 0 Å². The Labute approximate surface area is 359 Å². The van der Waals surface area contributed by atoms with Crippen LogP contribution in [0, 0.1) is 56.7 Å². The molecule has 5 fully saturated rings. The average Bonchev–Trinajstić information content (AvgIpc) is 3.81. The zero-order valence-electron chi connectivity index (χ0n) is 37.3. The zero-order chi connectivity index (χ0) is 42.4. The molecule has 3 unspecified atom stereocenters. The molecule has 326 valence electrons. The third-order valence-electron chi connectivity index (χ3n) is 18.8. The van der Waals surface area contributed by atoms with Gasteiger partial charge in [-0.15, -0.1) is 0 Å². The number of hydrogen-bond donors (Lipinski definition) is 2. The first-order chi connectivity index (χ1) is 27.7. The van der Waals surface area contributed by atoms with E-state index in [0.717, 1.165) is 36.4 Å². The number of aliphatic carboxylic acids is 1. The van der Waals surface area contributed by atoms with Crippen molar-refractivity contribution >= 4 is 32.9 Å². The van der Waals surface area contributed by atoms with E-state index in [2.05, 4.69) is 81.4 Å². The van der Waals surface area contributed by atoms with E-state index in [9.17, 15) is 18.3 Å². The Kier molecular flexibility index (Phi) is 11.2. The smallest absolute Gasteiger partial charge is 0.313 e. The number of sulfone groups is 1. The summed E-state index contributed by atoms with van der Waals surface area (Å²) in [5.74, 6) is 3.31. The number of carboxylic acid groups (broad SMARTS) is 1. The first kappa shape index (κ1) is 43.4. The lowest BCUT2D eigenvalue weighted by molar-refractivity contribution is -0.221. The van der Waals surface area contributed by atoms with Crippen molar-refractivity contribution < 1.29 is 23.1 Å². The van der Waals surface area contributed by atoms with Gasteiger partial charge in [-0.2, -0.15) is 4.37 Å². The minimum absolute atomic E-state index is 0.00212. The summed E-state index contributed by atoms with van der Waals surface area (Å²) in [5, 5.41) is 14.7. The van der Waals surface area contributed by atoms with E-state index in [-0.39, 0.29) is 33.8 Å². The van der Waals surface area contributed by atoms with Crippen molar-refractivity contribution in [1.82, 2.24) is 14.6 Å². The van der Waals surface area contributed by atoms with Gasteiger partial charge in [0.25, 0.3) is 0 Å². The second-order valence-corrected chi connectivity index (χ2v) is 25.0. The molecular formula is C49H73N3O5S2. The fourth-order valence-corrected chi connectivity index (χ4v) is 17.2. The van der Waals surface area contributed by atoms with E-state index in [1.165, 1.54) is 79.6 Å². The fraction of sp³-hybridized carbons (Fsp3) is 0.755. The number of carboxylic acids is 1. The van der Waals surface area contributed by atoms with Crippen LogP contribution in [0.3, 0.4) is 0 Å². The third-order valence-corrected chi connectivity index (χ3v) is 21.3. The molecule has 6 aliphatic carbocycles. The predicted octanol–water partition coefficient (Wildman–Crippen LogP) is 10.0. The molecule has 0 aromatic carbocycles. The number of ether oxygens (including phenoxy) is 1. The van der Waals surface area contributed by atoms with Crippen molar-refractivity contribution in [3.63, 3.8) is 0 Å². The molecule has 0 bridgehead atoms. The molecule has 8 nitrogen and oxygen atoms in total. The Morgan fingerprint density at radius 2 is 1.69 bits per heavy atom. The van der Waals surface area contributed by atoms with Gasteiger partial charge in [0.1, 0.15) is 12.0 Å². The molecule has 8 rings (SSSR count). The summed E-state index contributed by atoms with van der Waals surface area (Å²) >= 11 is 1.34. The van der Waals surface area contributed by atoms with Gasteiger partial charge < -0.3 is 20.1 Å². The van der Waals surface area contributed by atoms with E-state index in [4.69, 9.17) is 4.74 Å². The molecule has 1 aliphatic heterocycles. The van der Waals surface area contributed by atoms with Crippen molar-refractivity contribution in [3.05, 3.63) is 53.0 Å². The summed E-state index contributed by atoms with van der Waals surface area (Å²) in [7, 11) is -2.88. The highest BCUT2D eigenvalue weighted by Gasteiger charge is 2.70. The van der Waals surface area contributed by atoms with Crippen molar-refractivity contribution in [2.45, 2.75) is 131 Å². The third kappa shape index (κ3) is 7.08. The second kappa shape index (κ2) is 15.2. The van der Waals surface area contributed by atoms with Gasteiger partial charge in [0, 0.05) is 37.8 Å². The number of nitrogens with zero attached hydrogens (tertiary/aromatic N) is 2. The summed E-state index contributed by atoms with van der Waals surface area (Å²) in [6.45, 7) is 29.2. The fourth-order valence-electron chi connectivity index (χ4n) is 15.3. The summed E-state index contributed by atoms with van der Waals surface area (Å²) in [6.07, 6.45) is 17.7. The lowest BCUT2D eigenvalue weighted by atomic mass is 9.33. The Bertz CT molecular complexity index is 2020. The van der Waals surface area contributed by atoms with E-state index < -0.39 is 21.2 Å². The van der Waals surface area contributed by atoms with Crippen LogP contribution in [0.25, 0.3) is 5.57 Å². The minimum atomic E-state index is -2.88. The predicted molar refractivity (Wildman–Crippen MR) is 240 cm³/mol. The van der Waals surface area contributed by atoms with Crippen molar-refractivity contribution in [3.8, 4) is 5.88 Å². The first-order valence-electron chi connectivity index (χ1n) is 22.9. The number of aromatic nitrogens is 1. The molecule has 2 heterocycles. The molecule has 0 amide bonds. The molecule has 2 N–H and O–H groups in total. The number of nitrogens with one attached hydrogen (secondary N) is 1. The van der Waals surface area contributed by atoms with Crippen LogP contribution in [0.5, 0.6) is 5.88 Å². The molecule has 1 aromatic heterocycles. The first-order valence-corrected chi connectivity index (χ1v) is 25.5. The van der Waals surface area contributed by atoms with Crippen LogP contribution in [0.2, 0.25) is 0 Å². The van der Waals surface area contributed by atoms with Gasteiger partial charge in [-0.3, -0.25) is 4.79 Å². The van der Waals surface area contributed by atoms with Crippen LogP contribution < -0.4 is 10.1 Å². The standard InChI is InChI=1S/C49H73N3O5S2/c1-32(2)35-14-21-49(50-24-25-52-26-28-59(55,56)29-27-52)23-22-46(8)37(42(35)49)10-11-40-45(7)17-15-36(44(5,6)39(45)16-18-47(40,46)9)34-12-19-48(20-13-34,43(53)54)31-57-41-30-38(33(3)4)58-51-41/h12,15,30,35,37,39-40,42,50H,1,3,10-11,13-14,16-29,31H2,2,4-9H3,(H,53,54)/t35-,37+,39?,40?,42+,45-,46+,47+,48?,49-/m0/s1. The molecule has 59 heavy (non-hydrogen) atoms. The Hall–Kier alpha value is -2.27. The quantitative estimate of drug-likeness (QED) is 0.212. The van der Waals surface area contributed by atoms with Crippen LogP contribution in [0.15, 0.2) is 48.1 Å². The number of rotatable bonds is 11. The lowest BCUT2D eigenvalue weighted by Crippen LogP contribution is -2.68. The summed E-state index contributed by atoms with van der Waals surface area (Å²) in [5.41, 5.74) is 4.99. The normalized spacial score (nSPS) is 41.3. The topological polar surface area (TPSA) is 109 Å². The lowest BCUT2D eigenvalue weighted by Gasteiger charge is -2.72. The van der Waals surface area contributed by atoms with Crippen molar-refractivity contribution in [1.29, 1.82) is 0 Å².